The lowest BCUT2D eigenvalue weighted by atomic mass is 9.94. The highest BCUT2D eigenvalue weighted by Crippen LogP contribution is 2.33. The molecule has 28 heavy (non-hydrogen) atoms. The number of aromatic nitrogens is 4. The van der Waals surface area contributed by atoms with E-state index in [1.807, 2.05) is 4.68 Å². The molecule has 0 bridgehead atoms. The van der Waals surface area contributed by atoms with Crippen LogP contribution in [0.4, 0.5) is 5.95 Å². The fourth-order valence-corrected chi connectivity index (χ4v) is 3.75. The Kier molecular flexibility index (Phi) is 6.04. The van der Waals surface area contributed by atoms with Crippen molar-refractivity contribution in [3.05, 3.63) is 18.0 Å². The molecule has 5 heterocycles. The van der Waals surface area contributed by atoms with Gasteiger partial charge in [0, 0.05) is 12.5 Å². The lowest BCUT2D eigenvalue weighted by molar-refractivity contribution is -0.00535. The first-order valence-electron chi connectivity index (χ1n) is 10.0. The molecule has 0 aliphatic carbocycles. The van der Waals surface area contributed by atoms with E-state index in [4.69, 9.17) is 25.4 Å². The second-order valence-electron chi connectivity index (χ2n) is 7.36. The number of nitrogens with zero attached hydrogens (tertiary/aromatic N) is 4. The van der Waals surface area contributed by atoms with Crippen LogP contribution >= 0.6 is 0 Å². The first-order valence-corrected chi connectivity index (χ1v) is 10.0. The smallest absolute Gasteiger partial charge is 0.220 e. The van der Waals surface area contributed by atoms with Gasteiger partial charge >= 0.3 is 0 Å². The van der Waals surface area contributed by atoms with Crippen molar-refractivity contribution in [2.24, 2.45) is 0 Å². The fraction of sp³-hybridized carbons (Fsp3) is 0.632. The van der Waals surface area contributed by atoms with E-state index in [9.17, 15) is 0 Å². The molecule has 1 unspecified atom stereocenters. The second-order valence-corrected chi connectivity index (χ2v) is 7.36. The van der Waals surface area contributed by atoms with Crippen LogP contribution in [0.1, 0.15) is 37.3 Å². The second kappa shape index (κ2) is 8.85. The highest BCUT2D eigenvalue weighted by Gasteiger charge is 2.24. The van der Waals surface area contributed by atoms with Crippen molar-refractivity contribution in [1.82, 2.24) is 25.1 Å². The van der Waals surface area contributed by atoms with E-state index < -0.39 is 0 Å². The number of nitrogen functional groups attached to an aromatic ring is 1. The number of anilines is 1. The fourth-order valence-electron chi connectivity index (χ4n) is 3.75. The molecule has 2 fully saturated rings. The number of fused-ring (bicyclic) bond motifs is 3. The maximum atomic E-state index is 8.78. The number of aliphatic hydroxyl groups excluding tert-OH is 1. The highest BCUT2D eigenvalue weighted by atomic mass is 16.5. The molecule has 2 aromatic rings. The normalized spacial score (nSPS) is 22.1. The molecule has 0 amide bonds. The van der Waals surface area contributed by atoms with Gasteiger partial charge in [-0.1, -0.05) is 0 Å². The molecule has 2 aromatic heterocycles. The van der Waals surface area contributed by atoms with Crippen molar-refractivity contribution in [1.29, 1.82) is 0 Å². The molecule has 0 saturated carbocycles. The Labute approximate surface area is 164 Å². The van der Waals surface area contributed by atoms with E-state index in [0.717, 1.165) is 69.0 Å². The summed E-state index contributed by atoms with van der Waals surface area (Å²) in [6, 6.07) is 2.13. The van der Waals surface area contributed by atoms with Crippen LogP contribution in [0.5, 0.6) is 5.75 Å². The van der Waals surface area contributed by atoms with Crippen molar-refractivity contribution in [3.63, 3.8) is 0 Å². The molecule has 3 aliphatic heterocycles. The van der Waals surface area contributed by atoms with Crippen LogP contribution in [-0.2, 0) is 11.3 Å². The topological polar surface area (TPSA) is 120 Å². The van der Waals surface area contributed by atoms with E-state index in [-0.39, 0.29) is 12.1 Å². The Balaban J connectivity index is 0.000000233. The van der Waals surface area contributed by atoms with Gasteiger partial charge in [0.05, 0.1) is 36.8 Å². The maximum Gasteiger partial charge on any atom is 0.220 e. The number of nitrogens with one attached hydrogen (secondary N) is 1. The summed E-state index contributed by atoms with van der Waals surface area (Å²) in [7, 11) is 0. The standard InChI is InChI=1S/C14H18N6O.C5H10O2/c15-14-17-8-12-13(18-14)11-7-10(9-1-3-16-4-2-9)19-20(11)5-6-21-12;6-5-2-1-3-7-4-5/h7-9,16H,1-6H2,(H2,15,17,18);5-6H,1-4H2. The van der Waals surface area contributed by atoms with Crippen molar-refractivity contribution in [2.45, 2.75) is 44.2 Å². The lowest BCUT2D eigenvalue weighted by Crippen LogP contribution is -2.26. The van der Waals surface area contributed by atoms with Gasteiger partial charge in [0.25, 0.3) is 0 Å². The van der Waals surface area contributed by atoms with Crippen molar-refractivity contribution in [3.8, 4) is 17.1 Å². The summed E-state index contributed by atoms with van der Waals surface area (Å²) < 4.78 is 12.6. The minimum atomic E-state index is -0.186. The Morgan fingerprint density at radius 1 is 1.21 bits per heavy atom. The number of hydrogen-bond donors (Lipinski definition) is 3. The van der Waals surface area contributed by atoms with Crippen LogP contribution in [0.25, 0.3) is 11.4 Å². The Hall–Kier alpha value is -2.23. The Morgan fingerprint density at radius 2 is 2.07 bits per heavy atom. The third kappa shape index (κ3) is 4.43. The largest absolute Gasteiger partial charge is 0.488 e. The molecule has 0 aromatic carbocycles. The van der Waals surface area contributed by atoms with E-state index in [1.165, 1.54) is 0 Å². The zero-order valence-corrected chi connectivity index (χ0v) is 16.0. The number of nitrogens with two attached hydrogens (primary N) is 1. The quantitative estimate of drug-likeness (QED) is 0.660. The lowest BCUT2D eigenvalue weighted by Gasteiger charge is -2.20. The molecule has 0 spiro atoms. The molecular weight excluding hydrogens is 360 g/mol. The molecule has 152 valence electrons. The summed E-state index contributed by atoms with van der Waals surface area (Å²) in [4.78, 5) is 8.35. The van der Waals surface area contributed by atoms with Gasteiger partial charge in [0.15, 0.2) is 5.75 Å². The van der Waals surface area contributed by atoms with Crippen LogP contribution in [0.2, 0.25) is 0 Å². The molecule has 3 aliphatic rings. The monoisotopic (exact) mass is 388 g/mol. The van der Waals surface area contributed by atoms with Gasteiger partial charge < -0.3 is 25.6 Å². The molecular formula is C19H28N6O3. The summed E-state index contributed by atoms with van der Waals surface area (Å²) in [5.74, 6) is 1.46. The molecule has 4 N–H and O–H groups in total. The molecule has 2 saturated heterocycles. The summed E-state index contributed by atoms with van der Waals surface area (Å²) in [6.45, 7) is 4.78. The van der Waals surface area contributed by atoms with Gasteiger partial charge in [-0.2, -0.15) is 5.10 Å². The van der Waals surface area contributed by atoms with E-state index in [0.29, 0.717) is 24.9 Å². The maximum absolute atomic E-state index is 8.78. The van der Waals surface area contributed by atoms with Gasteiger partial charge in [-0.3, -0.25) is 4.68 Å². The van der Waals surface area contributed by atoms with Gasteiger partial charge in [-0.25, -0.2) is 9.97 Å². The average molecular weight is 388 g/mol. The third-order valence-corrected chi connectivity index (χ3v) is 5.27. The van der Waals surface area contributed by atoms with E-state index in [1.54, 1.807) is 6.20 Å². The molecule has 9 heteroatoms. The summed E-state index contributed by atoms with van der Waals surface area (Å²) in [6.07, 6.45) is 5.65. The summed E-state index contributed by atoms with van der Waals surface area (Å²) in [5.41, 5.74) is 8.59. The van der Waals surface area contributed by atoms with Crippen molar-refractivity contribution < 1.29 is 14.6 Å². The third-order valence-electron chi connectivity index (χ3n) is 5.27. The minimum absolute atomic E-state index is 0.186. The summed E-state index contributed by atoms with van der Waals surface area (Å²) in [5, 5.41) is 16.9. The zero-order chi connectivity index (χ0) is 19.3. The van der Waals surface area contributed by atoms with Crippen LogP contribution in [0.15, 0.2) is 12.3 Å². The molecule has 1 atom stereocenters. The predicted molar refractivity (Wildman–Crippen MR) is 104 cm³/mol. The van der Waals surface area contributed by atoms with E-state index in [2.05, 4.69) is 21.4 Å². The predicted octanol–water partition coefficient (Wildman–Crippen LogP) is 0.939. The summed E-state index contributed by atoms with van der Waals surface area (Å²) >= 11 is 0. The van der Waals surface area contributed by atoms with Gasteiger partial charge in [0.2, 0.25) is 5.95 Å². The first kappa shape index (κ1) is 19.1. The van der Waals surface area contributed by atoms with Crippen molar-refractivity contribution in [2.75, 3.05) is 38.6 Å². The number of rotatable bonds is 1. The molecule has 0 radical (unpaired) electrons. The van der Waals surface area contributed by atoms with Gasteiger partial charge in [-0.05, 0) is 44.8 Å². The SMILES string of the molecule is Nc1ncc2c(n1)-c1cc(C3CCNCC3)nn1CCO2.OC1CCCOC1. The number of piperidine rings is 1. The van der Waals surface area contributed by atoms with Crippen LogP contribution < -0.4 is 15.8 Å². The van der Waals surface area contributed by atoms with E-state index >= 15 is 0 Å². The average Bonchev–Trinajstić information content (AvgIpc) is 3.08. The first-order chi connectivity index (χ1) is 13.7. The molecule has 9 nitrogen and oxygen atoms in total. The highest BCUT2D eigenvalue weighted by molar-refractivity contribution is 5.64. The van der Waals surface area contributed by atoms with Crippen LogP contribution in [0.3, 0.4) is 0 Å². The van der Waals surface area contributed by atoms with Gasteiger partial charge in [0.1, 0.15) is 12.3 Å². The van der Waals surface area contributed by atoms with Crippen LogP contribution in [0, 0.1) is 0 Å². The van der Waals surface area contributed by atoms with Crippen molar-refractivity contribution >= 4 is 5.95 Å². The van der Waals surface area contributed by atoms with Gasteiger partial charge in [-0.15, -0.1) is 0 Å². The minimum Gasteiger partial charge on any atom is -0.488 e. The number of aliphatic hydroxyl groups is 1. The zero-order valence-electron chi connectivity index (χ0n) is 16.0. The molecule has 5 rings (SSSR count). The number of ether oxygens (including phenoxy) is 2. The number of hydrogen-bond acceptors (Lipinski definition) is 8. The Morgan fingerprint density at radius 3 is 2.79 bits per heavy atom. The Bertz CT molecular complexity index is 784. The van der Waals surface area contributed by atoms with Crippen LogP contribution in [-0.4, -0.2) is 63.9 Å².